The first kappa shape index (κ1) is 46.9. The van der Waals surface area contributed by atoms with Gasteiger partial charge in [0.15, 0.2) is 16.8 Å². The van der Waals surface area contributed by atoms with E-state index in [1.165, 1.54) is 18.2 Å². The highest BCUT2D eigenvalue weighted by atomic mass is 16.7. The first-order chi connectivity index (χ1) is 31.5. The molecule has 1 amide bonds. The quantitative estimate of drug-likeness (QED) is 0.0813. The normalized spacial score (nSPS) is 33.5. The number of aliphatic hydroxyl groups excluding tert-OH is 2. The first-order valence-electron chi connectivity index (χ1n) is 22.8. The molecule has 5 aliphatic rings. The van der Waals surface area contributed by atoms with Gasteiger partial charge in [-0.2, -0.15) is 4.73 Å². The summed E-state index contributed by atoms with van der Waals surface area (Å²) in [6.07, 6.45) is -5.62. The average molecular weight is 929 g/mol. The number of carbonyl (C=O) groups excluding carboxylic acids is 2. The van der Waals surface area contributed by atoms with E-state index in [2.05, 4.69) is 5.32 Å². The van der Waals surface area contributed by atoms with Crippen LogP contribution in [0.4, 0.5) is 0 Å². The van der Waals surface area contributed by atoms with E-state index in [1.807, 2.05) is 51.8 Å². The molecule has 4 fully saturated rings. The van der Waals surface area contributed by atoms with Gasteiger partial charge in [-0.15, -0.1) is 0 Å². The molecular weight excluding hydrogens is 869 g/mol. The van der Waals surface area contributed by atoms with Gasteiger partial charge < -0.3 is 64.1 Å². The number of amides is 1. The van der Waals surface area contributed by atoms with Crippen LogP contribution in [0.2, 0.25) is 0 Å². The number of hydrogen-bond donors (Lipinski definition) is 6. The van der Waals surface area contributed by atoms with Gasteiger partial charge in [0.25, 0.3) is 5.91 Å². The minimum atomic E-state index is -1.34. The van der Waals surface area contributed by atoms with Crippen molar-refractivity contribution in [3.8, 4) is 5.75 Å². The van der Waals surface area contributed by atoms with Crippen LogP contribution in [0.1, 0.15) is 138 Å². The van der Waals surface area contributed by atoms with E-state index < -0.39 is 88.9 Å². The Morgan fingerprint density at radius 3 is 2.25 bits per heavy atom. The zero-order chi connectivity index (χ0) is 48.5. The molecule has 4 aromatic rings. The zero-order valence-electron chi connectivity index (χ0n) is 39.3. The van der Waals surface area contributed by atoms with Crippen molar-refractivity contribution in [3.63, 3.8) is 0 Å². The monoisotopic (exact) mass is 928 g/mol. The van der Waals surface area contributed by atoms with E-state index in [0.29, 0.717) is 15.9 Å². The Morgan fingerprint density at radius 2 is 1.61 bits per heavy atom. The number of aryl methyl sites for hydroxylation is 1. The molecule has 13 atom stereocenters. The minimum Gasteiger partial charge on any atom is -0.507 e. The lowest BCUT2D eigenvalue weighted by Crippen LogP contribution is -2.59. The summed E-state index contributed by atoms with van der Waals surface area (Å²) < 4.78 is 32.5. The van der Waals surface area contributed by atoms with Gasteiger partial charge in [-0.05, 0) is 118 Å². The molecular formula is C49H60N4O14. The summed E-state index contributed by atoms with van der Waals surface area (Å²) in [5.74, 6) is -4.00. The fourth-order valence-electron chi connectivity index (χ4n) is 10.9. The number of aromatic hydroxyl groups is 1. The molecule has 2 aromatic heterocycles. The molecule has 9 rings (SSSR count). The van der Waals surface area contributed by atoms with Crippen LogP contribution in [0, 0.1) is 6.92 Å². The second-order valence-corrected chi connectivity index (χ2v) is 19.9. The SMILES string of the molecule is Cc1cc2c(c3oc(C4(C)OC4C4OC4C)cc(=O)c13)C(c1ccc(C(=O)NCCC(=O)O)n1O)c1c(O)c(C3CC(C)(N(C)C)C(O)C(C)O3)cc(C3CC(N(C)C)C(O)C(C)O3)c1C2=O. The molecule has 0 saturated carbocycles. The number of phenols is 1. The van der Waals surface area contributed by atoms with Crippen LogP contribution >= 0.6 is 0 Å². The number of nitrogens with zero attached hydrogens (tertiary/aromatic N) is 3. The van der Waals surface area contributed by atoms with Gasteiger partial charge in [0.1, 0.15) is 35.0 Å². The molecule has 0 spiro atoms. The predicted molar refractivity (Wildman–Crippen MR) is 240 cm³/mol. The standard InChI is InChI=1S/C49H60N4O14/c1-20-15-26-37(44-35(20)30(54)18-33(66-44)49(6)46(67-49)43-22(3)65-43)38(27-11-12-28(53(27)62)47(61)50-14-13-34(55)56)39-36(42(26)59)24(31-17-29(51(7)8)40(57)21(2)63-31)16-25(41(39)58)32-19-48(5,52(9)10)45(60)23(4)64-32/h11-12,15-16,18,21-23,29,31-32,38,40,43,45-46,57-58,60,62H,13-14,17,19H2,1-10H3,(H,50,61)(H,55,56). The fourth-order valence-corrected chi connectivity index (χ4v) is 10.9. The highest BCUT2D eigenvalue weighted by molar-refractivity contribution is 6.17. The van der Waals surface area contributed by atoms with Crippen molar-refractivity contribution in [1.82, 2.24) is 19.8 Å². The number of phenolic OH excluding ortho intramolecular Hbond substituents is 1. The van der Waals surface area contributed by atoms with Crippen LogP contribution in [0.15, 0.2) is 39.5 Å². The zero-order valence-corrected chi connectivity index (χ0v) is 39.3. The van der Waals surface area contributed by atoms with Gasteiger partial charge in [0.2, 0.25) is 0 Å². The maximum absolute atomic E-state index is 15.7. The van der Waals surface area contributed by atoms with Crippen LogP contribution in [0.5, 0.6) is 5.75 Å². The predicted octanol–water partition coefficient (Wildman–Crippen LogP) is 3.85. The number of aliphatic hydroxyl groups is 2. The molecule has 0 radical (unpaired) electrons. The van der Waals surface area contributed by atoms with Crippen LogP contribution in [0.25, 0.3) is 11.0 Å². The topological polar surface area (TPSA) is 250 Å². The first-order valence-corrected chi connectivity index (χ1v) is 22.8. The number of likely N-dealkylation sites (N-methyl/N-ethyl adjacent to an activating group) is 2. The molecule has 18 nitrogen and oxygen atoms in total. The number of epoxide rings is 2. The van der Waals surface area contributed by atoms with Crippen molar-refractivity contribution in [3.05, 3.63) is 96.6 Å². The molecule has 4 saturated heterocycles. The maximum atomic E-state index is 15.7. The maximum Gasteiger partial charge on any atom is 0.305 e. The summed E-state index contributed by atoms with van der Waals surface area (Å²) in [7, 11) is 7.38. The van der Waals surface area contributed by atoms with Gasteiger partial charge in [0, 0.05) is 52.0 Å². The largest absolute Gasteiger partial charge is 0.507 e. The molecule has 18 heteroatoms. The fraction of sp³-hybridized carbons (Fsp3) is 0.551. The Bertz CT molecular complexity index is 2760. The van der Waals surface area contributed by atoms with Crippen LogP contribution in [-0.2, 0) is 29.3 Å². The highest BCUT2D eigenvalue weighted by Crippen LogP contribution is 2.56. The van der Waals surface area contributed by atoms with E-state index >= 15 is 4.79 Å². The smallest absolute Gasteiger partial charge is 0.305 e. The minimum absolute atomic E-state index is 0.00549. The molecule has 67 heavy (non-hydrogen) atoms. The van der Waals surface area contributed by atoms with Crippen molar-refractivity contribution < 1.29 is 63.4 Å². The third-order valence-electron chi connectivity index (χ3n) is 15.3. The number of carboxylic acid groups (broad SMARTS) is 1. The molecule has 2 aromatic carbocycles. The summed E-state index contributed by atoms with van der Waals surface area (Å²) in [4.78, 5) is 58.9. The van der Waals surface area contributed by atoms with Crippen LogP contribution < -0.4 is 10.7 Å². The summed E-state index contributed by atoms with van der Waals surface area (Å²) in [6, 6.07) is 7.06. The summed E-state index contributed by atoms with van der Waals surface area (Å²) >= 11 is 0. The van der Waals surface area contributed by atoms with Crippen molar-refractivity contribution in [1.29, 1.82) is 0 Å². The Morgan fingerprint density at radius 1 is 0.925 bits per heavy atom. The molecule has 13 unspecified atom stereocenters. The van der Waals surface area contributed by atoms with Crippen molar-refractivity contribution >= 4 is 28.6 Å². The number of ether oxygens (including phenoxy) is 4. The second kappa shape index (κ2) is 16.5. The number of carboxylic acids is 1. The third-order valence-corrected chi connectivity index (χ3v) is 15.3. The van der Waals surface area contributed by atoms with Gasteiger partial charge in [-0.3, -0.25) is 19.2 Å². The number of rotatable bonds is 11. The molecule has 1 aliphatic carbocycles. The number of aliphatic carboxylic acids is 1. The van der Waals surface area contributed by atoms with Gasteiger partial charge >= 0.3 is 5.97 Å². The summed E-state index contributed by atoms with van der Waals surface area (Å²) in [6.45, 7) is 10.6. The number of fused-ring (bicyclic) bond motifs is 4. The van der Waals surface area contributed by atoms with E-state index in [9.17, 15) is 40.0 Å². The number of carbonyl (C=O) groups is 3. The number of aromatic nitrogens is 1. The number of nitrogens with one attached hydrogen (secondary N) is 1. The molecule has 6 heterocycles. The highest BCUT2D eigenvalue weighted by Gasteiger charge is 2.66. The lowest BCUT2D eigenvalue weighted by molar-refractivity contribution is -0.176. The Hall–Kier alpha value is -5.18. The Labute approximate surface area is 386 Å². The van der Waals surface area contributed by atoms with Gasteiger partial charge in [0.05, 0.1) is 66.1 Å². The van der Waals surface area contributed by atoms with Crippen LogP contribution in [0.3, 0.4) is 0 Å². The van der Waals surface area contributed by atoms with E-state index in [0.717, 1.165) is 0 Å². The number of hydrogen-bond acceptors (Lipinski definition) is 15. The van der Waals surface area contributed by atoms with E-state index in [4.69, 9.17) is 23.4 Å². The molecule has 4 aliphatic heterocycles. The third kappa shape index (κ3) is 7.47. The Balaban J connectivity index is 1.34. The average Bonchev–Trinajstić information content (AvgIpc) is 4.13. The molecule has 360 valence electrons. The number of ketones is 1. The second-order valence-electron chi connectivity index (χ2n) is 19.9. The van der Waals surface area contributed by atoms with Crippen LogP contribution in [-0.4, -0.2) is 147 Å². The van der Waals surface area contributed by atoms with E-state index in [-0.39, 0.29) is 99.7 Å². The number of benzene rings is 2. The van der Waals surface area contributed by atoms with Gasteiger partial charge in [-0.1, -0.05) is 0 Å². The lowest BCUT2D eigenvalue weighted by atomic mass is 9.70. The molecule has 6 N–H and O–H groups in total. The van der Waals surface area contributed by atoms with Crippen molar-refractivity contribution in [2.45, 2.75) is 139 Å². The van der Waals surface area contributed by atoms with E-state index in [1.54, 1.807) is 39.8 Å². The van der Waals surface area contributed by atoms with Gasteiger partial charge in [-0.25, -0.2) is 0 Å². The van der Waals surface area contributed by atoms with Crippen molar-refractivity contribution in [2.24, 2.45) is 0 Å². The summed E-state index contributed by atoms with van der Waals surface area (Å²) in [5.41, 5.74) is -1.28. The molecule has 0 bridgehead atoms. The Kier molecular flexibility index (Phi) is 11.6. The van der Waals surface area contributed by atoms with Crippen molar-refractivity contribution in [2.75, 3.05) is 34.7 Å². The lowest BCUT2D eigenvalue weighted by Gasteiger charge is -2.49. The summed E-state index contributed by atoms with van der Waals surface area (Å²) in [5, 5.41) is 60.1.